The summed E-state index contributed by atoms with van der Waals surface area (Å²) in [6.07, 6.45) is 6.25. The second-order valence-corrected chi connectivity index (χ2v) is 8.84. The highest BCUT2D eigenvalue weighted by Gasteiger charge is 2.15. The Labute approximate surface area is 209 Å². The Morgan fingerprint density at radius 2 is 1.17 bits per heavy atom. The van der Waals surface area contributed by atoms with Gasteiger partial charge in [0.2, 0.25) is 0 Å². The number of halogens is 4. The molecule has 184 valence electrons. The number of benzene rings is 4. The Morgan fingerprint density at radius 3 is 1.78 bits per heavy atom. The third kappa shape index (κ3) is 5.43. The molecule has 4 aromatic rings. The molecule has 0 unspecified atom stereocenters. The molecule has 0 N–H and O–H groups in total. The minimum absolute atomic E-state index is 0.126. The number of aryl methyl sites for hydroxylation is 2. The minimum Gasteiger partial charge on any atom is -0.203 e. The van der Waals surface area contributed by atoms with Gasteiger partial charge >= 0.3 is 0 Å². The third-order valence-corrected chi connectivity index (χ3v) is 6.42. The van der Waals surface area contributed by atoms with Crippen LogP contribution >= 0.6 is 0 Å². The van der Waals surface area contributed by atoms with Crippen molar-refractivity contribution in [2.24, 2.45) is 0 Å². The van der Waals surface area contributed by atoms with E-state index in [4.69, 9.17) is 0 Å². The molecule has 0 aliphatic carbocycles. The zero-order chi connectivity index (χ0) is 25.7. The van der Waals surface area contributed by atoms with Gasteiger partial charge in [-0.1, -0.05) is 105 Å². The maximum absolute atomic E-state index is 14.8. The second kappa shape index (κ2) is 11.4. The van der Waals surface area contributed by atoms with E-state index in [1.54, 1.807) is 66.7 Å². The smallest absolute Gasteiger partial charge is 0.167 e. The van der Waals surface area contributed by atoms with E-state index in [2.05, 4.69) is 0 Å². The van der Waals surface area contributed by atoms with E-state index >= 15 is 0 Å². The molecule has 4 rings (SSSR count). The molecule has 0 aliphatic heterocycles. The molecule has 0 aromatic heterocycles. The summed E-state index contributed by atoms with van der Waals surface area (Å²) in [6.45, 7) is 4.04. The molecule has 0 fully saturated rings. The van der Waals surface area contributed by atoms with Crippen molar-refractivity contribution >= 4 is 12.2 Å². The van der Waals surface area contributed by atoms with Crippen LogP contribution in [0.4, 0.5) is 17.6 Å². The third-order valence-electron chi connectivity index (χ3n) is 6.42. The van der Waals surface area contributed by atoms with Crippen LogP contribution in [-0.2, 0) is 12.8 Å². The summed E-state index contributed by atoms with van der Waals surface area (Å²) in [5, 5.41) is 0. The minimum atomic E-state index is -0.916. The van der Waals surface area contributed by atoms with Crippen LogP contribution in [0.15, 0.2) is 72.8 Å². The van der Waals surface area contributed by atoms with Crippen LogP contribution in [0.25, 0.3) is 34.4 Å². The van der Waals surface area contributed by atoms with Gasteiger partial charge in [-0.05, 0) is 47.1 Å². The molecule has 0 amide bonds. The number of hydrogen-bond donors (Lipinski definition) is 0. The van der Waals surface area contributed by atoms with E-state index in [-0.39, 0.29) is 16.7 Å². The van der Waals surface area contributed by atoms with Gasteiger partial charge in [-0.3, -0.25) is 0 Å². The van der Waals surface area contributed by atoms with Crippen LogP contribution in [0.2, 0.25) is 0 Å². The van der Waals surface area contributed by atoms with Gasteiger partial charge in [0.15, 0.2) is 23.3 Å². The van der Waals surface area contributed by atoms with E-state index in [0.29, 0.717) is 23.1 Å². The molecule has 0 nitrogen and oxygen atoms in total. The van der Waals surface area contributed by atoms with Gasteiger partial charge < -0.3 is 0 Å². The lowest BCUT2D eigenvalue weighted by Crippen LogP contribution is -1.97. The SMILES string of the molecule is CCCCc1ccc(-c2ccc(C=Cc3ccc(-c4ccc(CC)cc4)c(F)c3F)cc2)c(F)c1F. The molecule has 0 bridgehead atoms. The molecule has 4 aromatic carbocycles. The molecular formula is C32H28F4. The lowest BCUT2D eigenvalue weighted by molar-refractivity contribution is 0.499. The first-order valence-corrected chi connectivity index (χ1v) is 12.3. The average molecular weight is 489 g/mol. The quantitative estimate of drug-likeness (QED) is 0.171. The second-order valence-electron chi connectivity index (χ2n) is 8.84. The summed E-state index contributed by atoms with van der Waals surface area (Å²) in [5.41, 5.74) is 3.93. The van der Waals surface area contributed by atoms with Gasteiger partial charge in [0, 0.05) is 16.7 Å². The summed E-state index contributed by atoms with van der Waals surface area (Å²) in [4.78, 5) is 0. The zero-order valence-electron chi connectivity index (χ0n) is 20.4. The fourth-order valence-corrected chi connectivity index (χ4v) is 4.17. The van der Waals surface area contributed by atoms with Crippen molar-refractivity contribution in [3.8, 4) is 22.3 Å². The highest BCUT2D eigenvalue weighted by molar-refractivity contribution is 5.74. The van der Waals surface area contributed by atoms with Gasteiger partial charge in [-0.25, -0.2) is 17.6 Å². The summed E-state index contributed by atoms with van der Waals surface area (Å²) in [5.74, 6) is -3.46. The van der Waals surface area contributed by atoms with Gasteiger partial charge in [-0.15, -0.1) is 0 Å². The lowest BCUT2D eigenvalue weighted by Gasteiger charge is -2.09. The van der Waals surface area contributed by atoms with Gasteiger partial charge in [0.05, 0.1) is 0 Å². The van der Waals surface area contributed by atoms with Crippen LogP contribution < -0.4 is 0 Å². The van der Waals surface area contributed by atoms with Crippen molar-refractivity contribution < 1.29 is 17.6 Å². The number of rotatable bonds is 8. The predicted octanol–water partition coefficient (Wildman–Crippen LogP) is 9.65. The summed E-state index contributed by atoms with van der Waals surface area (Å²) in [7, 11) is 0. The van der Waals surface area contributed by atoms with Crippen LogP contribution in [0, 0.1) is 23.3 Å². The fourth-order valence-electron chi connectivity index (χ4n) is 4.17. The van der Waals surface area contributed by atoms with Crippen LogP contribution in [0.3, 0.4) is 0 Å². The summed E-state index contributed by atoms with van der Waals surface area (Å²) in [6, 6.07) is 20.6. The van der Waals surface area contributed by atoms with Crippen molar-refractivity contribution in [1.82, 2.24) is 0 Å². The molecule has 0 saturated carbocycles. The molecule has 0 atom stereocenters. The molecule has 0 radical (unpaired) electrons. The number of hydrogen-bond acceptors (Lipinski definition) is 0. The molecule has 0 spiro atoms. The number of unbranched alkanes of at least 4 members (excludes halogenated alkanes) is 1. The average Bonchev–Trinajstić information content (AvgIpc) is 2.91. The van der Waals surface area contributed by atoms with Crippen molar-refractivity contribution in [3.05, 3.63) is 118 Å². The van der Waals surface area contributed by atoms with Crippen LogP contribution in [0.1, 0.15) is 48.9 Å². The van der Waals surface area contributed by atoms with E-state index in [1.807, 2.05) is 26.0 Å². The Balaban J connectivity index is 1.53. The van der Waals surface area contributed by atoms with Crippen molar-refractivity contribution in [2.75, 3.05) is 0 Å². The summed E-state index contributed by atoms with van der Waals surface area (Å²) >= 11 is 0. The Bertz CT molecular complexity index is 1370. The van der Waals surface area contributed by atoms with Crippen molar-refractivity contribution in [1.29, 1.82) is 0 Å². The van der Waals surface area contributed by atoms with E-state index < -0.39 is 23.3 Å². The van der Waals surface area contributed by atoms with Crippen LogP contribution in [-0.4, -0.2) is 0 Å². The van der Waals surface area contributed by atoms with Gasteiger partial charge in [0.1, 0.15) is 0 Å². The summed E-state index contributed by atoms with van der Waals surface area (Å²) < 4.78 is 58.7. The van der Waals surface area contributed by atoms with E-state index in [9.17, 15) is 17.6 Å². The van der Waals surface area contributed by atoms with E-state index in [0.717, 1.165) is 30.4 Å². The van der Waals surface area contributed by atoms with Crippen LogP contribution in [0.5, 0.6) is 0 Å². The van der Waals surface area contributed by atoms with Gasteiger partial charge in [-0.2, -0.15) is 0 Å². The molecule has 0 aliphatic rings. The highest BCUT2D eigenvalue weighted by atomic mass is 19.2. The van der Waals surface area contributed by atoms with E-state index in [1.165, 1.54) is 6.08 Å². The zero-order valence-corrected chi connectivity index (χ0v) is 20.4. The normalized spacial score (nSPS) is 11.4. The van der Waals surface area contributed by atoms with Crippen molar-refractivity contribution in [3.63, 3.8) is 0 Å². The molecule has 0 saturated heterocycles. The topological polar surface area (TPSA) is 0 Å². The molecule has 4 heteroatoms. The standard InChI is InChI=1S/C32H28F4/c1-3-5-6-25-17-19-27(31(35)29(25)33)24-14-9-22(10-15-24)11-16-26-18-20-28(32(36)30(26)34)23-12-7-21(4-2)8-13-23/h7-20H,3-6H2,1-2H3. The first-order chi connectivity index (χ1) is 17.4. The Kier molecular flexibility index (Phi) is 8.04. The molecular weight excluding hydrogens is 460 g/mol. The largest absolute Gasteiger partial charge is 0.203 e. The molecule has 36 heavy (non-hydrogen) atoms. The first kappa shape index (κ1) is 25.4. The Hall–Kier alpha value is -3.66. The lowest BCUT2D eigenvalue weighted by atomic mass is 9.98. The first-order valence-electron chi connectivity index (χ1n) is 12.3. The monoisotopic (exact) mass is 488 g/mol. The van der Waals surface area contributed by atoms with Crippen molar-refractivity contribution in [2.45, 2.75) is 39.5 Å². The molecule has 0 heterocycles. The maximum atomic E-state index is 14.8. The maximum Gasteiger partial charge on any atom is 0.167 e. The Morgan fingerprint density at radius 1 is 0.583 bits per heavy atom. The fraction of sp³-hybridized carbons (Fsp3) is 0.188. The highest BCUT2D eigenvalue weighted by Crippen LogP contribution is 2.29. The van der Waals surface area contributed by atoms with Gasteiger partial charge in [0.25, 0.3) is 0 Å². The predicted molar refractivity (Wildman–Crippen MR) is 141 cm³/mol.